The lowest BCUT2D eigenvalue weighted by Crippen LogP contribution is -2.31. The number of aromatic nitrogens is 2. The Morgan fingerprint density at radius 3 is 2.42 bits per heavy atom. The van der Waals surface area contributed by atoms with Crippen LogP contribution >= 0.6 is 0 Å². The maximum atomic E-state index is 11.6. The minimum absolute atomic E-state index is 0.140. The fraction of sp³-hybridized carbons (Fsp3) is 0.615. The van der Waals surface area contributed by atoms with Gasteiger partial charge in [0.15, 0.2) is 5.69 Å². The fourth-order valence-corrected chi connectivity index (χ4v) is 1.39. The molecule has 0 bridgehead atoms. The fourth-order valence-electron chi connectivity index (χ4n) is 1.39. The first kappa shape index (κ1) is 15.4. The van der Waals surface area contributed by atoms with Crippen molar-refractivity contribution in [3.63, 3.8) is 0 Å². The summed E-state index contributed by atoms with van der Waals surface area (Å²) in [6, 6.07) is 3.98. The zero-order valence-corrected chi connectivity index (χ0v) is 12.3. The van der Waals surface area contributed by atoms with Crippen molar-refractivity contribution >= 4 is 11.7 Å². The third-order valence-corrected chi connectivity index (χ3v) is 2.94. The smallest absolute Gasteiger partial charge is 0.273 e. The molecule has 0 aliphatic rings. The number of nitrogens with one attached hydrogen (secondary N) is 1. The van der Waals surface area contributed by atoms with Gasteiger partial charge in [-0.3, -0.25) is 4.79 Å². The average molecular weight is 265 g/mol. The number of anilines is 1. The van der Waals surface area contributed by atoms with Crippen molar-refractivity contribution in [2.24, 2.45) is 0 Å². The van der Waals surface area contributed by atoms with E-state index in [-0.39, 0.29) is 5.91 Å². The van der Waals surface area contributed by atoms with Crippen LogP contribution < -0.4 is 5.32 Å². The average Bonchev–Trinajstić information content (AvgIpc) is 2.38. The van der Waals surface area contributed by atoms with Gasteiger partial charge in [-0.25, -0.2) is 0 Å². The molecule has 0 saturated heterocycles. The zero-order chi connectivity index (χ0) is 14.4. The zero-order valence-electron chi connectivity index (χ0n) is 12.3. The predicted octanol–water partition coefficient (Wildman–Crippen LogP) is 0.930. The lowest BCUT2D eigenvalue weighted by molar-refractivity contribution is 0.0821. The summed E-state index contributed by atoms with van der Waals surface area (Å²) in [7, 11) is 5.47. The van der Waals surface area contributed by atoms with Gasteiger partial charge in [-0.15, -0.1) is 10.2 Å². The van der Waals surface area contributed by atoms with Gasteiger partial charge in [0.2, 0.25) is 0 Å². The maximum Gasteiger partial charge on any atom is 0.273 e. The Hall–Kier alpha value is -1.69. The van der Waals surface area contributed by atoms with Crippen molar-refractivity contribution in [3.8, 4) is 0 Å². The molecular weight excluding hydrogens is 242 g/mol. The van der Waals surface area contributed by atoms with E-state index in [1.54, 1.807) is 26.2 Å². The van der Waals surface area contributed by atoms with E-state index in [1.165, 1.54) is 4.90 Å². The third-order valence-electron chi connectivity index (χ3n) is 2.94. The van der Waals surface area contributed by atoms with Crippen LogP contribution in [0.2, 0.25) is 0 Å². The van der Waals surface area contributed by atoms with Crippen molar-refractivity contribution in [2.45, 2.75) is 19.9 Å². The number of rotatable bonds is 6. The molecule has 0 atom stereocenters. The first-order chi connectivity index (χ1) is 8.91. The van der Waals surface area contributed by atoms with Gasteiger partial charge in [-0.1, -0.05) is 0 Å². The van der Waals surface area contributed by atoms with E-state index in [0.717, 1.165) is 13.1 Å². The van der Waals surface area contributed by atoms with Crippen LogP contribution in [0.25, 0.3) is 0 Å². The summed E-state index contributed by atoms with van der Waals surface area (Å²) >= 11 is 0. The summed E-state index contributed by atoms with van der Waals surface area (Å²) in [6.45, 7) is 6.03. The number of likely N-dealkylation sites (N-methyl/N-ethyl adjacent to an activating group) is 1. The van der Waals surface area contributed by atoms with Gasteiger partial charge in [0.1, 0.15) is 5.82 Å². The number of nitrogens with zero attached hydrogens (tertiary/aromatic N) is 4. The summed E-state index contributed by atoms with van der Waals surface area (Å²) in [4.78, 5) is 15.4. The Balaban J connectivity index is 2.47. The van der Waals surface area contributed by atoms with Gasteiger partial charge in [0.05, 0.1) is 0 Å². The van der Waals surface area contributed by atoms with Crippen molar-refractivity contribution < 1.29 is 4.79 Å². The van der Waals surface area contributed by atoms with E-state index in [0.29, 0.717) is 17.6 Å². The summed E-state index contributed by atoms with van der Waals surface area (Å²) in [5.74, 6) is 0.547. The normalized spacial score (nSPS) is 10.9. The molecule has 0 aromatic carbocycles. The lowest BCUT2D eigenvalue weighted by Gasteiger charge is -2.20. The molecule has 19 heavy (non-hydrogen) atoms. The molecule has 1 heterocycles. The van der Waals surface area contributed by atoms with Crippen LogP contribution in [0, 0.1) is 0 Å². The maximum absolute atomic E-state index is 11.6. The van der Waals surface area contributed by atoms with Gasteiger partial charge < -0.3 is 15.1 Å². The molecule has 1 aromatic heterocycles. The second kappa shape index (κ2) is 7.04. The third kappa shape index (κ3) is 4.82. The molecule has 1 N–H and O–H groups in total. The highest BCUT2D eigenvalue weighted by Gasteiger charge is 2.10. The van der Waals surface area contributed by atoms with Gasteiger partial charge in [-0.05, 0) is 33.0 Å². The summed E-state index contributed by atoms with van der Waals surface area (Å²) < 4.78 is 0. The molecule has 0 saturated carbocycles. The SMILES string of the molecule is CC(C)N(C)CCNc1ccc(C(=O)N(C)C)nn1. The molecule has 0 radical (unpaired) electrons. The number of hydrogen-bond donors (Lipinski definition) is 1. The van der Waals surface area contributed by atoms with Crippen molar-refractivity contribution in [1.82, 2.24) is 20.0 Å². The first-order valence-electron chi connectivity index (χ1n) is 6.41. The van der Waals surface area contributed by atoms with Gasteiger partial charge >= 0.3 is 0 Å². The Labute approximate surface area is 114 Å². The molecule has 106 valence electrons. The number of carbonyl (C=O) groups is 1. The summed E-state index contributed by atoms with van der Waals surface area (Å²) in [5.41, 5.74) is 0.356. The van der Waals surface area contributed by atoms with Crippen LogP contribution in [-0.4, -0.2) is 66.2 Å². The highest BCUT2D eigenvalue weighted by molar-refractivity contribution is 5.91. The van der Waals surface area contributed by atoms with E-state index < -0.39 is 0 Å². The minimum atomic E-state index is -0.140. The van der Waals surface area contributed by atoms with Crippen LogP contribution in [0.3, 0.4) is 0 Å². The molecule has 0 spiro atoms. The minimum Gasteiger partial charge on any atom is -0.367 e. The number of carbonyl (C=O) groups excluding carboxylic acids is 1. The lowest BCUT2D eigenvalue weighted by atomic mass is 10.3. The van der Waals surface area contributed by atoms with Crippen LogP contribution in [0.15, 0.2) is 12.1 Å². The van der Waals surface area contributed by atoms with E-state index in [1.807, 2.05) is 0 Å². The first-order valence-corrected chi connectivity index (χ1v) is 6.41. The highest BCUT2D eigenvalue weighted by atomic mass is 16.2. The second-order valence-electron chi connectivity index (χ2n) is 5.00. The predicted molar refractivity (Wildman–Crippen MR) is 76.3 cm³/mol. The highest BCUT2D eigenvalue weighted by Crippen LogP contribution is 2.03. The molecular formula is C13H23N5O. The van der Waals surface area contributed by atoms with Crippen LogP contribution in [0.5, 0.6) is 0 Å². The van der Waals surface area contributed by atoms with E-state index in [4.69, 9.17) is 0 Å². The Morgan fingerprint density at radius 2 is 1.95 bits per heavy atom. The van der Waals surface area contributed by atoms with Gasteiger partial charge in [-0.2, -0.15) is 0 Å². The van der Waals surface area contributed by atoms with Crippen molar-refractivity contribution in [3.05, 3.63) is 17.8 Å². The summed E-state index contributed by atoms with van der Waals surface area (Å²) in [5, 5.41) is 11.1. The Bertz CT molecular complexity index is 402. The molecule has 0 unspecified atom stereocenters. The standard InChI is InChI=1S/C13H23N5O/c1-10(2)18(5)9-8-14-12-7-6-11(15-16-12)13(19)17(3)4/h6-7,10H,8-9H2,1-5H3,(H,14,16). The van der Waals surface area contributed by atoms with Crippen LogP contribution in [0.4, 0.5) is 5.82 Å². The molecule has 1 amide bonds. The van der Waals surface area contributed by atoms with E-state index >= 15 is 0 Å². The van der Waals surface area contributed by atoms with Gasteiger partial charge in [0.25, 0.3) is 5.91 Å². The molecule has 6 nitrogen and oxygen atoms in total. The quantitative estimate of drug-likeness (QED) is 0.829. The molecule has 6 heteroatoms. The molecule has 1 aromatic rings. The van der Waals surface area contributed by atoms with Crippen molar-refractivity contribution in [1.29, 1.82) is 0 Å². The summed E-state index contributed by atoms with van der Waals surface area (Å²) in [6.07, 6.45) is 0. The Kier molecular flexibility index (Phi) is 5.69. The van der Waals surface area contributed by atoms with Crippen LogP contribution in [-0.2, 0) is 0 Å². The van der Waals surface area contributed by atoms with Crippen molar-refractivity contribution in [2.75, 3.05) is 39.5 Å². The molecule has 0 aliphatic carbocycles. The number of amides is 1. The Morgan fingerprint density at radius 1 is 1.26 bits per heavy atom. The van der Waals surface area contributed by atoms with E-state index in [9.17, 15) is 4.79 Å². The molecule has 1 rings (SSSR count). The van der Waals surface area contributed by atoms with E-state index in [2.05, 4.69) is 41.3 Å². The number of hydrogen-bond acceptors (Lipinski definition) is 5. The second-order valence-corrected chi connectivity index (χ2v) is 5.00. The van der Waals surface area contributed by atoms with Crippen LogP contribution in [0.1, 0.15) is 24.3 Å². The molecule has 0 aliphatic heterocycles. The largest absolute Gasteiger partial charge is 0.367 e. The topological polar surface area (TPSA) is 61.4 Å². The monoisotopic (exact) mass is 265 g/mol. The van der Waals surface area contributed by atoms with Gasteiger partial charge in [0, 0.05) is 33.2 Å². The molecule has 0 fully saturated rings.